The molecule has 2 unspecified atom stereocenters. The summed E-state index contributed by atoms with van der Waals surface area (Å²) in [6.45, 7) is 1.53. The number of aryl methyl sites for hydroxylation is 1. The molecule has 2 aliphatic rings. The molecule has 5 heteroatoms. The number of benzene rings is 1. The maximum absolute atomic E-state index is 11.5. The number of carboxylic acid groups (broad SMARTS) is 1. The fourth-order valence-corrected chi connectivity index (χ4v) is 3.43. The molecule has 1 N–H and O–H groups in total. The minimum Gasteiger partial charge on any atom is -0.497 e. The number of methoxy groups -OCH3 is 1. The fourth-order valence-electron chi connectivity index (χ4n) is 3.43. The van der Waals surface area contributed by atoms with E-state index in [1.54, 1.807) is 7.11 Å². The van der Waals surface area contributed by atoms with Crippen molar-refractivity contribution in [3.63, 3.8) is 0 Å². The first-order valence-corrected chi connectivity index (χ1v) is 7.44. The highest BCUT2D eigenvalue weighted by molar-refractivity contribution is 5.74. The zero-order chi connectivity index (χ0) is 14.8. The van der Waals surface area contributed by atoms with Gasteiger partial charge in [-0.2, -0.15) is 0 Å². The summed E-state index contributed by atoms with van der Waals surface area (Å²) in [5.41, 5.74) is 2.52. The molecule has 1 heterocycles. The number of carboxylic acids is 1. The molecular weight excluding hydrogens is 270 g/mol. The van der Waals surface area contributed by atoms with E-state index >= 15 is 0 Å². The largest absolute Gasteiger partial charge is 0.497 e. The Morgan fingerprint density at radius 1 is 1.48 bits per heavy atom. The molecule has 1 aliphatic heterocycles. The van der Waals surface area contributed by atoms with Crippen LogP contribution in [0, 0.1) is 0 Å². The molecule has 0 aromatic heterocycles. The standard InChI is InChI=1S/C16H21NO4/c1-20-12-6-5-11-3-2-4-14(13(11)9-12)17-7-8-21-10-15(17)16(18)19/h5-6,9,14-15H,2-4,7-8,10H2,1H3,(H,18,19). The number of carbonyl (C=O) groups is 1. The smallest absolute Gasteiger partial charge is 0.323 e. The highest BCUT2D eigenvalue weighted by Crippen LogP contribution is 2.37. The van der Waals surface area contributed by atoms with Gasteiger partial charge in [-0.3, -0.25) is 9.69 Å². The minimum absolute atomic E-state index is 0.147. The van der Waals surface area contributed by atoms with E-state index in [1.807, 2.05) is 6.07 Å². The number of morpholine rings is 1. The van der Waals surface area contributed by atoms with Crippen molar-refractivity contribution >= 4 is 5.97 Å². The van der Waals surface area contributed by atoms with E-state index in [9.17, 15) is 9.90 Å². The molecule has 3 rings (SSSR count). The Morgan fingerprint density at radius 2 is 2.33 bits per heavy atom. The molecule has 0 amide bonds. The van der Waals surface area contributed by atoms with Crippen molar-refractivity contribution in [2.75, 3.05) is 26.9 Å². The quantitative estimate of drug-likeness (QED) is 0.921. The first-order chi connectivity index (χ1) is 10.2. The summed E-state index contributed by atoms with van der Waals surface area (Å²) in [7, 11) is 1.66. The lowest BCUT2D eigenvalue weighted by Gasteiger charge is -2.41. The van der Waals surface area contributed by atoms with Gasteiger partial charge in [0.15, 0.2) is 0 Å². The van der Waals surface area contributed by atoms with Gasteiger partial charge >= 0.3 is 5.97 Å². The Kier molecular flexibility index (Phi) is 4.12. The highest BCUT2D eigenvalue weighted by atomic mass is 16.5. The summed E-state index contributed by atoms with van der Waals surface area (Å²) >= 11 is 0. The number of hydrogen-bond acceptors (Lipinski definition) is 4. The second-order valence-corrected chi connectivity index (χ2v) is 5.64. The molecule has 21 heavy (non-hydrogen) atoms. The molecule has 0 saturated carbocycles. The summed E-state index contributed by atoms with van der Waals surface area (Å²) in [6, 6.07) is 5.74. The van der Waals surface area contributed by atoms with E-state index in [0.717, 1.165) is 25.0 Å². The molecule has 0 radical (unpaired) electrons. The Balaban J connectivity index is 1.94. The molecule has 1 fully saturated rings. The van der Waals surface area contributed by atoms with Crippen molar-refractivity contribution in [2.45, 2.75) is 31.3 Å². The van der Waals surface area contributed by atoms with Crippen molar-refractivity contribution in [3.8, 4) is 5.75 Å². The monoisotopic (exact) mass is 291 g/mol. The van der Waals surface area contributed by atoms with Gasteiger partial charge in [-0.15, -0.1) is 0 Å². The first-order valence-electron chi connectivity index (χ1n) is 7.44. The summed E-state index contributed by atoms with van der Waals surface area (Å²) < 4.78 is 10.7. The predicted octanol–water partition coefficient (Wildman–Crippen LogP) is 1.86. The van der Waals surface area contributed by atoms with Crippen molar-refractivity contribution in [1.29, 1.82) is 0 Å². The first kappa shape index (κ1) is 14.4. The number of nitrogens with zero attached hydrogens (tertiary/aromatic N) is 1. The SMILES string of the molecule is COc1ccc2c(c1)C(N1CCOCC1C(=O)O)CCC2. The van der Waals surface area contributed by atoms with Crippen LogP contribution in [-0.4, -0.2) is 48.9 Å². The molecule has 5 nitrogen and oxygen atoms in total. The molecular formula is C16H21NO4. The van der Waals surface area contributed by atoms with E-state index in [-0.39, 0.29) is 12.6 Å². The van der Waals surface area contributed by atoms with Gasteiger partial charge in [0.05, 0.1) is 20.3 Å². The van der Waals surface area contributed by atoms with Gasteiger partial charge in [-0.1, -0.05) is 6.07 Å². The maximum Gasteiger partial charge on any atom is 0.323 e. The Labute approximate surface area is 124 Å². The van der Waals surface area contributed by atoms with Gasteiger partial charge < -0.3 is 14.6 Å². The van der Waals surface area contributed by atoms with Gasteiger partial charge in [0.2, 0.25) is 0 Å². The van der Waals surface area contributed by atoms with Crippen molar-refractivity contribution in [2.24, 2.45) is 0 Å². The molecule has 114 valence electrons. The number of fused-ring (bicyclic) bond motifs is 1. The van der Waals surface area contributed by atoms with Crippen molar-refractivity contribution in [3.05, 3.63) is 29.3 Å². The second-order valence-electron chi connectivity index (χ2n) is 5.64. The molecule has 1 aromatic rings. The molecule has 1 aromatic carbocycles. The highest BCUT2D eigenvalue weighted by Gasteiger charge is 2.36. The summed E-state index contributed by atoms with van der Waals surface area (Å²) in [6.07, 6.45) is 3.13. The summed E-state index contributed by atoms with van der Waals surface area (Å²) in [5.74, 6) is 0.0329. The minimum atomic E-state index is -0.801. The average Bonchev–Trinajstić information content (AvgIpc) is 2.53. The van der Waals surface area contributed by atoms with Gasteiger partial charge in [0, 0.05) is 12.6 Å². The lowest BCUT2D eigenvalue weighted by atomic mass is 9.85. The Morgan fingerprint density at radius 3 is 3.10 bits per heavy atom. The van der Waals surface area contributed by atoms with Crippen LogP contribution in [0.4, 0.5) is 0 Å². The zero-order valence-electron chi connectivity index (χ0n) is 12.2. The van der Waals surface area contributed by atoms with Crippen LogP contribution in [0.25, 0.3) is 0 Å². The van der Waals surface area contributed by atoms with Crippen LogP contribution >= 0.6 is 0 Å². The average molecular weight is 291 g/mol. The Hall–Kier alpha value is -1.59. The third-order valence-corrected chi connectivity index (χ3v) is 4.49. The van der Waals surface area contributed by atoms with E-state index in [0.29, 0.717) is 13.2 Å². The normalized spacial score (nSPS) is 26.1. The van der Waals surface area contributed by atoms with Gasteiger partial charge in [0.25, 0.3) is 0 Å². The van der Waals surface area contributed by atoms with Crippen LogP contribution in [0.1, 0.15) is 30.0 Å². The second kappa shape index (κ2) is 6.03. The molecule has 0 spiro atoms. The zero-order valence-corrected chi connectivity index (χ0v) is 12.2. The van der Waals surface area contributed by atoms with E-state index in [2.05, 4.69) is 17.0 Å². The van der Waals surface area contributed by atoms with Crippen molar-refractivity contribution < 1.29 is 19.4 Å². The van der Waals surface area contributed by atoms with Crippen LogP contribution < -0.4 is 4.74 Å². The van der Waals surface area contributed by atoms with Crippen LogP contribution in [0.3, 0.4) is 0 Å². The van der Waals surface area contributed by atoms with Crippen LogP contribution in [-0.2, 0) is 16.0 Å². The topological polar surface area (TPSA) is 59.0 Å². The number of hydrogen-bond donors (Lipinski definition) is 1. The van der Waals surface area contributed by atoms with Gasteiger partial charge in [-0.05, 0) is 42.5 Å². The van der Waals surface area contributed by atoms with E-state index in [1.165, 1.54) is 11.1 Å². The summed E-state index contributed by atoms with van der Waals surface area (Å²) in [4.78, 5) is 13.6. The number of aliphatic carboxylic acids is 1. The lowest BCUT2D eigenvalue weighted by molar-refractivity contribution is -0.152. The lowest BCUT2D eigenvalue weighted by Crippen LogP contribution is -2.51. The third kappa shape index (κ3) is 2.76. The summed E-state index contributed by atoms with van der Waals surface area (Å²) in [5, 5.41) is 9.44. The van der Waals surface area contributed by atoms with Gasteiger partial charge in [0.1, 0.15) is 11.8 Å². The van der Waals surface area contributed by atoms with Crippen LogP contribution in [0.15, 0.2) is 18.2 Å². The van der Waals surface area contributed by atoms with Crippen molar-refractivity contribution in [1.82, 2.24) is 4.90 Å². The number of rotatable bonds is 3. The maximum atomic E-state index is 11.5. The van der Waals surface area contributed by atoms with E-state index in [4.69, 9.17) is 9.47 Å². The fraction of sp³-hybridized carbons (Fsp3) is 0.562. The molecule has 1 saturated heterocycles. The predicted molar refractivity (Wildman–Crippen MR) is 77.6 cm³/mol. The van der Waals surface area contributed by atoms with E-state index < -0.39 is 12.0 Å². The third-order valence-electron chi connectivity index (χ3n) is 4.49. The van der Waals surface area contributed by atoms with Gasteiger partial charge in [-0.25, -0.2) is 0 Å². The Bertz CT molecular complexity index is 531. The number of ether oxygens (including phenoxy) is 2. The van der Waals surface area contributed by atoms with Crippen LogP contribution in [0.5, 0.6) is 5.75 Å². The molecule has 1 aliphatic carbocycles. The molecule has 0 bridgehead atoms. The molecule has 2 atom stereocenters. The van der Waals surface area contributed by atoms with Crippen LogP contribution in [0.2, 0.25) is 0 Å².